The molecule has 8 nitrogen and oxygen atoms in total. The molecule has 0 atom stereocenters. The smallest absolute Gasteiger partial charge is 0.349 e. The lowest BCUT2D eigenvalue weighted by molar-refractivity contribution is -0.156. The SMILES string of the molecule is COC(=O)C(C)(C)Oc1ccc2c(c1)c(C=CC(=O)O)cn2Cc1ccc2oc(-c3nc(C(C)(C)C)cs3)cc2c1. The molecule has 0 radical (unpaired) electrons. The molecule has 0 saturated heterocycles. The molecule has 1 N–H and O–H groups in total. The van der Waals surface area contributed by atoms with E-state index in [0.29, 0.717) is 17.9 Å². The summed E-state index contributed by atoms with van der Waals surface area (Å²) in [6, 6.07) is 13.6. The van der Waals surface area contributed by atoms with Crippen LogP contribution >= 0.6 is 11.3 Å². The first-order chi connectivity index (χ1) is 19.3. The van der Waals surface area contributed by atoms with Crippen LogP contribution in [0.15, 0.2) is 64.5 Å². The van der Waals surface area contributed by atoms with Gasteiger partial charge in [0.05, 0.1) is 12.8 Å². The number of methoxy groups -OCH3 is 1. The molecular formula is C32H32N2O6S. The number of ether oxygens (including phenoxy) is 2. The molecule has 0 aliphatic heterocycles. The van der Waals surface area contributed by atoms with Gasteiger partial charge in [0.25, 0.3) is 0 Å². The predicted octanol–water partition coefficient (Wildman–Crippen LogP) is 7.29. The van der Waals surface area contributed by atoms with E-state index < -0.39 is 17.5 Å². The fourth-order valence-corrected chi connectivity index (χ4v) is 5.60. The van der Waals surface area contributed by atoms with Crippen molar-refractivity contribution in [2.45, 2.75) is 52.2 Å². The topological polar surface area (TPSA) is 104 Å². The molecule has 0 saturated carbocycles. The zero-order valence-corrected chi connectivity index (χ0v) is 24.7. The van der Waals surface area contributed by atoms with Crippen LogP contribution in [0.5, 0.6) is 5.75 Å². The van der Waals surface area contributed by atoms with Crippen LogP contribution in [0.4, 0.5) is 0 Å². The molecule has 5 rings (SSSR count). The van der Waals surface area contributed by atoms with Crippen LogP contribution in [0.1, 0.15) is 51.4 Å². The van der Waals surface area contributed by atoms with Crippen LogP contribution in [0.25, 0.3) is 38.7 Å². The number of nitrogens with zero attached hydrogens (tertiary/aromatic N) is 2. The molecule has 2 aromatic carbocycles. The van der Waals surface area contributed by atoms with Gasteiger partial charge in [-0.05, 0) is 61.9 Å². The van der Waals surface area contributed by atoms with E-state index in [9.17, 15) is 14.7 Å². The van der Waals surface area contributed by atoms with Crippen LogP contribution < -0.4 is 4.74 Å². The van der Waals surface area contributed by atoms with Crippen molar-refractivity contribution in [2.24, 2.45) is 0 Å². The number of thiazole rings is 1. The number of hydrogen-bond acceptors (Lipinski definition) is 7. The largest absolute Gasteiger partial charge is 0.478 e. The second-order valence-electron chi connectivity index (χ2n) is 11.4. The summed E-state index contributed by atoms with van der Waals surface area (Å²) in [6.07, 6.45) is 4.57. The number of carbonyl (C=O) groups excluding carboxylic acids is 1. The Kier molecular flexibility index (Phi) is 7.25. The van der Waals surface area contributed by atoms with E-state index in [4.69, 9.17) is 18.9 Å². The molecule has 212 valence electrons. The first-order valence-electron chi connectivity index (χ1n) is 13.1. The zero-order chi connectivity index (χ0) is 29.5. The highest BCUT2D eigenvalue weighted by atomic mass is 32.1. The number of fused-ring (bicyclic) bond motifs is 2. The molecule has 3 aromatic heterocycles. The van der Waals surface area contributed by atoms with Crippen LogP contribution in [-0.4, -0.2) is 39.3 Å². The average Bonchev–Trinajstić information content (AvgIpc) is 3.63. The number of aromatic nitrogens is 2. The molecule has 9 heteroatoms. The van der Waals surface area contributed by atoms with E-state index in [1.807, 2.05) is 36.5 Å². The van der Waals surface area contributed by atoms with Crippen LogP contribution in [0.2, 0.25) is 0 Å². The number of rotatable bonds is 8. The van der Waals surface area contributed by atoms with Crippen molar-refractivity contribution in [2.75, 3.05) is 7.11 Å². The fraction of sp³-hybridized carbons (Fsp3) is 0.281. The number of esters is 1. The Labute approximate surface area is 241 Å². The van der Waals surface area contributed by atoms with E-state index in [0.717, 1.165) is 50.0 Å². The average molecular weight is 573 g/mol. The molecule has 41 heavy (non-hydrogen) atoms. The second kappa shape index (κ2) is 10.6. The summed E-state index contributed by atoms with van der Waals surface area (Å²) in [7, 11) is 1.31. The molecule has 0 aliphatic carbocycles. The Morgan fingerprint density at radius 2 is 1.88 bits per heavy atom. The molecule has 0 bridgehead atoms. The predicted molar refractivity (Wildman–Crippen MR) is 160 cm³/mol. The van der Waals surface area contributed by atoms with Crippen molar-refractivity contribution in [1.82, 2.24) is 9.55 Å². The maximum atomic E-state index is 12.1. The van der Waals surface area contributed by atoms with Gasteiger partial charge in [0.1, 0.15) is 11.3 Å². The summed E-state index contributed by atoms with van der Waals surface area (Å²) in [5.74, 6) is -0.322. The lowest BCUT2D eigenvalue weighted by Gasteiger charge is -2.23. The highest BCUT2D eigenvalue weighted by molar-refractivity contribution is 7.13. The molecule has 0 fully saturated rings. The maximum Gasteiger partial charge on any atom is 0.349 e. The van der Waals surface area contributed by atoms with Crippen LogP contribution in [0.3, 0.4) is 0 Å². The summed E-state index contributed by atoms with van der Waals surface area (Å²) >= 11 is 1.58. The quantitative estimate of drug-likeness (QED) is 0.154. The third kappa shape index (κ3) is 5.90. The molecule has 5 aromatic rings. The molecule has 0 unspecified atom stereocenters. The summed E-state index contributed by atoms with van der Waals surface area (Å²) in [5.41, 5.74) is 3.27. The van der Waals surface area contributed by atoms with Gasteiger partial charge < -0.3 is 23.6 Å². The monoisotopic (exact) mass is 572 g/mol. The van der Waals surface area contributed by atoms with Gasteiger partial charge in [-0.25, -0.2) is 14.6 Å². The fourth-order valence-electron chi connectivity index (χ4n) is 4.60. The molecular weight excluding hydrogens is 540 g/mol. The second-order valence-corrected chi connectivity index (χ2v) is 12.3. The number of furan rings is 1. The normalized spacial score (nSPS) is 12.4. The van der Waals surface area contributed by atoms with Gasteiger partial charge in [-0.1, -0.05) is 26.8 Å². The summed E-state index contributed by atoms with van der Waals surface area (Å²) < 4.78 is 19.0. The van der Waals surface area contributed by atoms with Crippen molar-refractivity contribution in [3.05, 3.63) is 76.9 Å². The highest BCUT2D eigenvalue weighted by Crippen LogP contribution is 2.34. The molecule has 0 spiro atoms. The van der Waals surface area contributed by atoms with Crippen molar-refractivity contribution in [3.63, 3.8) is 0 Å². The minimum atomic E-state index is -1.19. The molecule has 0 amide bonds. The van der Waals surface area contributed by atoms with Gasteiger partial charge >= 0.3 is 11.9 Å². The van der Waals surface area contributed by atoms with Gasteiger partial charge in [-0.15, -0.1) is 11.3 Å². The highest BCUT2D eigenvalue weighted by Gasteiger charge is 2.31. The third-order valence-electron chi connectivity index (χ3n) is 6.76. The van der Waals surface area contributed by atoms with Crippen molar-refractivity contribution >= 4 is 51.2 Å². The van der Waals surface area contributed by atoms with Gasteiger partial charge in [0, 0.05) is 51.5 Å². The third-order valence-corrected chi connectivity index (χ3v) is 7.61. The van der Waals surface area contributed by atoms with E-state index in [1.54, 1.807) is 37.3 Å². The Bertz CT molecular complexity index is 1800. The van der Waals surface area contributed by atoms with Gasteiger partial charge in [0.15, 0.2) is 16.4 Å². The summed E-state index contributed by atoms with van der Waals surface area (Å²) in [4.78, 5) is 28.2. The van der Waals surface area contributed by atoms with Crippen molar-refractivity contribution < 1.29 is 28.6 Å². The lowest BCUT2D eigenvalue weighted by atomic mass is 9.93. The number of aliphatic carboxylic acids is 1. The number of hydrogen-bond donors (Lipinski definition) is 1. The van der Waals surface area contributed by atoms with Crippen LogP contribution in [-0.2, 0) is 26.3 Å². The summed E-state index contributed by atoms with van der Waals surface area (Å²) in [5, 5.41) is 13.9. The Morgan fingerprint density at radius 1 is 1.10 bits per heavy atom. The van der Waals surface area contributed by atoms with E-state index >= 15 is 0 Å². The van der Waals surface area contributed by atoms with Crippen LogP contribution in [0, 0.1) is 0 Å². The first-order valence-corrected chi connectivity index (χ1v) is 14.0. The van der Waals surface area contributed by atoms with Crippen molar-refractivity contribution in [3.8, 4) is 16.5 Å². The molecule has 3 heterocycles. The summed E-state index contributed by atoms with van der Waals surface area (Å²) in [6.45, 7) is 10.2. The number of carbonyl (C=O) groups is 2. The Hall–Kier alpha value is -4.37. The van der Waals surface area contributed by atoms with E-state index in [-0.39, 0.29) is 5.41 Å². The van der Waals surface area contributed by atoms with Gasteiger partial charge in [0.2, 0.25) is 0 Å². The van der Waals surface area contributed by atoms with Gasteiger partial charge in [-0.2, -0.15) is 0 Å². The first kappa shape index (κ1) is 28.2. The number of carboxylic acids is 1. The minimum absolute atomic E-state index is 0.0313. The van der Waals surface area contributed by atoms with Crippen molar-refractivity contribution in [1.29, 1.82) is 0 Å². The minimum Gasteiger partial charge on any atom is -0.478 e. The maximum absolute atomic E-state index is 12.1. The van der Waals surface area contributed by atoms with Gasteiger partial charge in [-0.3, -0.25) is 0 Å². The Morgan fingerprint density at radius 3 is 2.56 bits per heavy atom. The Balaban J connectivity index is 1.48. The zero-order valence-electron chi connectivity index (χ0n) is 23.8. The molecule has 0 aliphatic rings. The number of carboxylic acid groups (broad SMARTS) is 1. The standard InChI is InChI=1S/C32H32N2O6S/c1-31(2,3)27-18-41-29(33-27)26-14-21-13-19(7-11-25(21)39-26)16-34-17-20(8-12-28(35)36)23-15-22(9-10-24(23)34)40-32(4,5)30(37)38-6/h7-15,17-18H,16H2,1-6H3,(H,35,36). The lowest BCUT2D eigenvalue weighted by Crippen LogP contribution is -2.39. The van der Waals surface area contributed by atoms with E-state index in [2.05, 4.69) is 36.8 Å². The number of benzene rings is 2. The van der Waals surface area contributed by atoms with E-state index in [1.165, 1.54) is 7.11 Å².